The number of rotatable bonds is 20. The molecule has 0 radical (unpaired) electrons. The van der Waals surface area contributed by atoms with Crippen LogP contribution in [-0.2, 0) is 19.2 Å². The minimum absolute atomic E-state index is 0.104. The predicted molar refractivity (Wildman–Crippen MR) is 183 cm³/mol. The highest BCUT2D eigenvalue weighted by molar-refractivity contribution is 8.18. The maximum atomic E-state index is 12.7. The standard InChI is InChI=1S/C32H44N8O6S/c1-36-24(11-6-16-38-31(34)35)29(43)37-15-5-4-10-23(25(41)19-33)39-28(42)12-7-17-46-26-14-13-20(21-8-2-3-9-22(21)26)18-27-30(44)40-32(45)47-27/h2-3,8-9,13-14,18,23-24,36H,4-7,10-12,15-17,19,33H2,1H3,(H,37,43)(H,39,42)(H4,34,35,38)(H,40,44,45)/b27-18-/t23-,24-/m0/s1. The highest BCUT2D eigenvalue weighted by atomic mass is 32.2. The van der Waals surface area contributed by atoms with Gasteiger partial charge >= 0.3 is 0 Å². The van der Waals surface area contributed by atoms with E-state index in [0.29, 0.717) is 62.3 Å². The van der Waals surface area contributed by atoms with Crippen molar-refractivity contribution in [3.8, 4) is 5.75 Å². The van der Waals surface area contributed by atoms with Crippen molar-refractivity contribution >= 4 is 63.3 Å². The molecule has 254 valence electrons. The molecule has 3 rings (SSSR count). The summed E-state index contributed by atoms with van der Waals surface area (Å²) in [5.74, 6) is -0.569. The molecule has 2 aromatic rings. The lowest BCUT2D eigenvalue weighted by atomic mass is 10.0. The van der Waals surface area contributed by atoms with Gasteiger partial charge in [0.05, 0.1) is 30.1 Å². The number of amides is 4. The second kappa shape index (κ2) is 19.3. The predicted octanol–water partition coefficient (Wildman–Crippen LogP) is 1.47. The molecule has 4 amide bonds. The first-order chi connectivity index (χ1) is 22.6. The lowest BCUT2D eigenvalue weighted by Gasteiger charge is -2.18. The number of hydrogen-bond acceptors (Lipinski definition) is 10. The van der Waals surface area contributed by atoms with Crippen LogP contribution in [0.2, 0.25) is 0 Å². The molecule has 1 fully saturated rings. The molecule has 1 aliphatic heterocycles. The molecule has 2 atom stereocenters. The van der Waals surface area contributed by atoms with Crippen LogP contribution < -0.4 is 42.8 Å². The Hall–Kier alpha value is -4.47. The van der Waals surface area contributed by atoms with Gasteiger partial charge in [-0.15, -0.1) is 0 Å². The fourth-order valence-electron chi connectivity index (χ4n) is 4.99. The van der Waals surface area contributed by atoms with E-state index in [1.54, 1.807) is 19.2 Å². The van der Waals surface area contributed by atoms with Crippen molar-refractivity contribution in [1.82, 2.24) is 26.6 Å². The van der Waals surface area contributed by atoms with Crippen LogP contribution in [0.15, 0.2) is 41.3 Å². The Bertz CT molecular complexity index is 1480. The number of benzene rings is 2. The zero-order valence-electron chi connectivity index (χ0n) is 26.5. The van der Waals surface area contributed by atoms with Crippen molar-refractivity contribution in [3.63, 3.8) is 0 Å². The minimum Gasteiger partial charge on any atom is -0.493 e. The van der Waals surface area contributed by atoms with Crippen LogP contribution in [0.5, 0.6) is 5.75 Å². The number of carbonyl (C=O) groups is 5. The van der Waals surface area contributed by atoms with Gasteiger partial charge in [0.25, 0.3) is 11.1 Å². The van der Waals surface area contributed by atoms with E-state index in [2.05, 4.69) is 26.6 Å². The van der Waals surface area contributed by atoms with Crippen LogP contribution in [0.4, 0.5) is 4.79 Å². The zero-order valence-corrected chi connectivity index (χ0v) is 27.3. The summed E-state index contributed by atoms with van der Waals surface area (Å²) in [6.45, 7) is 1.01. The second-order valence-electron chi connectivity index (χ2n) is 10.9. The molecule has 0 unspecified atom stereocenters. The first-order valence-corrected chi connectivity index (χ1v) is 16.4. The first-order valence-electron chi connectivity index (χ1n) is 15.6. The maximum Gasteiger partial charge on any atom is 0.290 e. The molecule has 14 nitrogen and oxygen atoms in total. The summed E-state index contributed by atoms with van der Waals surface area (Å²) < 4.78 is 6.00. The average molecular weight is 669 g/mol. The third-order valence-electron chi connectivity index (χ3n) is 7.45. The Morgan fingerprint density at radius 1 is 0.979 bits per heavy atom. The smallest absolute Gasteiger partial charge is 0.290 e. The highest BCUT2D eigenvalue weighted by Gasteiger charge is 2.25. The van der Waals surface area contributed by atoms with Gasteiger partial charge in [0.1, 0.15) is 5.75 Å². The number of fused-ring (bicyclic) bond motifs is 1. The van der Waals surface area contributed by atoms with E-state index in [1.165, 1.54) is 0 Å². The molecular weight excluding hydrogens is 624 g/mol. The summed E-state index contributed by atoms with van der Waals surface area (Å²) in [6.07, 6.45) is 5.13. The van der Waals surface area contributed by atoms with Gasteiger partial charge in [-0.3, -0.25) is 34.7 Å². The highest BCUT2D eigenvalue weighted by Crippen LogP contribution is 2.32. The number of thioether (sulfide) groups is 1. The first kappa shape index (κ1) is 37.0. The second-order valence-corrected chi connectivity index (χ2v) is 11.9. The van der Waals surface area contributed by atoms with Crippen LogP contribution >= 0.6 is 11.8 Å². The van der Waals surface area contributed by atoms with Gasteiger partial charge in [-0.25, -0.2) is 0 Å². The summed E-state index contributed by atoms with van der Waals surface area (Å²) in [6, 6.07) is 10.1. The van der Waals surface area contributed by atoms with Crippen molar-refractivity contribution in [2.75, 3.05) is 33.3 Å². The van der Waals surface area contributed by atoms with Crippen LogP contribution in [0.3, 0.4) is 0 Å². The molecule has 15 heteroatoms. The molecule has 10 N–H and O–H groups in total. The van der Waals surface area contributed by atoms with Crippen LogP contribution in [0, 0.1) is 5.41 Å². The van der Waals surface area contributed by atoms with Crippen LogP contribution in [0.1, 0.15) is 50.5 Å². The van der Waals surface area contributed by atoms with Crippen molar-refractivity contribution in [1.29, 1.82) is 5.41 Å². The largest absolute Gasteiger partial charge is 0.493 e. The Morgan fingerprint density at radius 2 is 1.70 bits per heavy atom. The number of Topliss-reactive ketones (excluding diaryl/α,β-unsaturated/α-hetero) is 1. The SMILES string of the molecule is CN[C@@H](CCCNC(=N)N)C(=O)NCCCC[C@H](NC(=O)CCCOc1ccc(/C=C2\SC(=O)NC2=O)c2ccccc12)C(=O)CN. The van der Waals surface area contributed by atoms with E-state index in [4.69, 9.17) is 21.6 Å². The third-order valence-corrected chi connectivity index (χ3v) is 8.26. The molecule has 0 aromatic heterocycles. The lowest BCUT2D eigenvalue weighted by molar-refractivity contribution is -0.127. The number of unbranched alkanes of at least 4 members (excludes halogenated alkanes) is 1. The molecule has 0 spiro atoms. The molecule has 0 bridgehead atoms. The van der Waals surface area contributed by atoms with Crippen molar-refractivity contribution in [3.05, 3.63) is 46.9 Å². The molecule has 1 saturated heterocycles. The normalized spacial score (nSPS) is 14.8. The van der Waals surface area contributed by atoms with E-state index in [9.17, 15) is 24.0 Å². The Kier molecular flexibility index (Phi) is 15.2. The number of imide groups is 1. The third kappa shape index (κ3) is 12.0. The van der Waals surface area contributed by atoms with Gasteiger partial charge in [-0.1, -0.05) is 30.3 Å². The number of guanidine groups is 1. The molecule has 1 heterocycles. The van der Waals surface area contributed by atoms with E-state index < -0.39 is 17.2 Å². The number of hydrogen-bond donors (Lipinski definition) is 8. The fourth-order valence-corrected chi connectivity index (χ4v) is 5.66. The zero-order chi connectivity index (χ0) is 34.2. The number of ketones is 1. The van der Waals surface area contributed by atoms with Gasteiger partial charge in [0.2, 0.25) is 11.8 Å². The summed E-state index contributed by atoms with van der Waals surface area (Å²) in [4.78, 5) is 61.4. The van der Waals surface area contributed by atoms with Gasteiger partial charge in [0.15, 0.2) is 11.7 Å². The molecular formula is C32H44N8O6S. The quantitative estimate of drug-likeness (QED) is 0.0436. The molecule has 2 aromatic carbocycles. The number of likely N-dealkylation sites (N-methyl/N-ethyl adjacent to an activating group) is 1. The lowest BCUT2D eigenvalue weighted by Crippen LogP contribution is -2.44. The molecule has 0 aliphatic carbocycles. The van der Waals surface area contributed by atoms with E-state index in [-0.39, 0.29) is 49.2 Å². The van der Waals surface area contributed by atoms with E-state index >= 15 is 0 Å². The summed E-state index contributed by atoms with van der Waals surface area (Å²) in [5.41, 5.74) is 11.6. The topological polar surface area (TPSA) is 231 Å². The van der Waals surface area contributed by atoms with Crippen molar-refractivity contribution < 1.29 is 28.7 Å². The molecule has 1 aliphatic rings. The monoisotopic (exact) mass is 668 g/mol. The number of carbonyl (C=O) groups excluding carboxylic acids is 5. The summed E-state index contributed by atoms with van der Waals surface area (Å²) in [5, 5.41) is 22.1. The Labute approximate surface area is 278 Å². The van der Waals surface area contributed by atoms with Crippen LogP contribution in [0.25, 0.3) is 16.8 Å². The van der Waals surface area contributed by atoms with Crippen molar-refractivity contribution in [2.45, 2.75) is 57.0 Å². The Balaban J connectivity index is 1.42. The molecule has 47 heavy (non-hydrogen) atoms. The van der Waals surface area contributed by atoms with Gasteiger partial charge in [0, 0.05) is 24.9 Å². The number of nitrogens with two attached hydrogens (primary N) is 2. The summed E-state index contributed by atoms with van der Waals surface area (Å²) >= 11 is 0.858. The van der Waals surface area contributed by atoms with Gasteiger partial charge in [-0.05, 0) is 80.4 Å². The van der Waals surface area contributed by atoms with E-state index in [0.717, 1.165) is 28.1 Å². The number of ether oxygens (including phenoxy) is 1. The molecule has 0 saturated carbocycles. The minimum atomic E-state index is -0.705. The maximum absolute atomic E-state index is 12.7. The summed E-state index contributed by atoms with van der Waals surface area (Å²) in [7, 11) is 1.71. The van der Waals surface area contributed by atoms with Gasteiger partial charge in [-0.2, -0.15) is 0 Å². The average Bonchev–Trinajstić information content (AvgIpc) is 3.38. The Morgan fingerprint density at radius 3 is 2.38 bits per heavy atom. The fraction of sp³-hybridized carbons (Fsp3) is 0.438. The van der Waals surface area contributed by atoms with Gasteiger partial charge < -0.3 is 37.5 Å². The number of nitrogens with one attached hydrogen (secondary N) is 6. The van der Waals surface area contributed by atoms with Crippen LogP contribution in [-0.4, -0.2) is 80.1 Å². The van der Waals surface area contributed by atoms with E-state index in [1.807, 2.05) is 30.3 Å². The van der Waals surface area contributed by atoms with Crippen molar-refractivity contribution in [2.24, 2.45) is 11.5 Å².